The lowest BCUT2D eigenvalue weighted by molar-refractivity contribution is -0.130. The highest BCUT2D eigenvalue weighted by Gasteiger charge is 2.23. The maximum Gasteiger partial charge on any atom is 0.244 e. The molecule has 0 bridgehead atoms. The Labute approximate surface area is 195 Å². The predicted molar refractivity (Wildman–Crippen MR) is 127 cm³/mol. The van der Waals surface area contributed by atoms with Gasteiger partial charge in [0, 0.05) is 45.7 Å². The van der Waals surface area contributed by atoms with Gasteiger partial charge in [0.1, 0.15) is 10.7 Å². The summed E-state index contributed by atoms with van der Waals surface area (Å²) in [4.78, 5) is 18.7. The minimum atomic E-state index is -3.64. The maximum absolute atomic E-state index is 12.7. The third-order valence-corrected chi connectivity index (χ3v) is 7.74. The van der Waals surface area contributed by atoms with Gasteiger partial charge >= 0.3 is 0 Å². The number of aliphatic imine (C=N–C) groups is 1. The van der Waals surface area contributed by atoms with Gasteiger partial charge in [0.05, 0.1) is 11.6 Å². The van der Waals surface area contributed by atoms with Gasteiger partial charge in [-0.05, 0) is 30.5 Å². The van der Waals surface area contributed by atoms with Gasteiger partial charge in [-0.2, -0.15) is 0 Å². The third kappa shape index (κ3) is 6.09. The first-order valence-corrected chi connectivity index (χ1v) is 12.4. The summed E-state index contributed by atoms with van der Waals surface area (Å²) in [5, 5.41) is 3.45. The van der Waals surface area contributed by atoms with Crippen molar-refractivity contribution in [3.63, 3.8) is 0 Å². The Morgan fingerprint density at radius 2 is 1.81 bits per heavy atom. The normalized spacial score (nSPS) is 13.7. The number of benzene rings is 2. The fourth-order valence-electron chi connectivity index (χ4n) is 3.46. The fraction of sp³-hybridized carbons (Fsp3) is 0.391. The molecule has 1 aliphatic heterocycles. The number of sulfonamides is 1. The zero-order valence-electron chi connectivity index (χ0n) is 18.4. The van der Waals surface area contributed by atoms with E-state index < -0.39 is 10.0 Å². The molecule has 0 atom stereocenters. The molecule has 172 valence electrons. The summed E-state index contributed by atoms with van der Waals surface area (Å²) >= 11 is 6.03. The van der Waals surface area contributed by atoms with Crippen molar-refractivity contribution >= 4 is 33.4 Å². The molecule has 0 saturated carbocycles. The number of hydrogen-bond donors (Lipinski definition) is 1. The number of nitrogens with one attached hydrogen (secondary N) is 1. The lowest BCUT2D eigenvalue weighted by Gasteiger charge is -2.19. The number of nitrogens with zero attached hydrogens (tertiary/aromatic N) is 3. The van der Waals surface area contributed by atoms with Crippen LogP contribution in [-0.4, -0.2) is 63.1 Å². The number of amidine groups is 1. The van der Waals surface area contributed by atoms with Crippen LogP contribution in [0.25, 0.3) is 0 Å². The molecule has 0 unspecified atom stereocenters. The molecule has 1 heterocycles. The first-order chi connectivity index (χ1) is 15.3. The van der Waals surface area contributed by atoms with E-state index >= 15 is 0 Å². The van der Waals surface area contributed by atoms with Crippen molar-refractivity contribution in [2.45, 2.75) is 30.7 Å². The van der Waals surface area contributed by atoms with Crippen LogP contribution in [0, 0.1) is 0 Å². The zero-order chi connectivity index (χ0) is 23.1. The van der Waals surface area contributed by atoms with Crippen molar-refractivity contribution in [3.8, 4) is 0 Å². The lowest BCUT2D eigenvalue weighted by atomic mass is 10.1. The molecule has 1 aliphatic rings. The smallest absolute Gasteiger partial charge is 0.244 e. The maximum atomic E-state index is 12.7. The van der Waals surface area contributed by atoms with E-state index in [4.69, 9.17) is 11.6 Å². The molecule has 0 aliphatic carbocycles. The molecule has 32 heavy (non-hydrogen) atoms. The standard InChI is InChI=1S/C23H29ClN4O3S/c1-27(17-18-10-12-19(13-11-18)23-25-14-15-26-23)22(29)9-5-6-16-28(2)32(30,31)21-8-4-3-7-20(21)24/h3-4,7-8,10-13H,5-6,9,14-17H2,1-2H3,(H,25,26). The van der Waals surface area contributed by atoms with E-state index in [2.05, 4.69) is 10.3 Å². The van der Waals surface area contributed by atoms with E-state index in [1.165, 1.54) is 17.4 Å². The topological polar surface area (TPSA) is 82.1 Å². The molecular weight excluding hydrogens is 448 g/mol. The minimum absolute atomic E-state index is 0.0347. The van der Waals surface area contributed by atoms with E-state index in [9.17, 15) is 13.2 Å². The molecule has 1 N–H and O–H groups in total. The summed E-state index contributed by atoms with van der Waals surface area (Å²) in [5.74, 6) is 0.954. The summed E-state index contributed by atoms with van der Waals surface area (Å²) in [7, 11) is -0.329. The lowest BCUT2D eigenvalue weighted by Crippen LogP contribution is -2.29. The highest BCUT2D eigenvalue weighted by atomic mass is 35.5. The summed E-state index contributed by atoms with van der Waals surface area (Å²) < 4.78 is 26.6. The van der Waals surface area contributed by atoms with E-state index in [1.54, 1.807) is 30.1 Å². The first-order valence-electron chi connectivity index (χ1n) is 10.6. The van der Waals surface area contributed by atoms with Crippen molar-refractivity contribution < 1.29 is 13.2 Å². The van der Waals surface area contributed by atoms with Gasteiger partial charge in [-0.15, -0.1) is 0 Å². The van der Waals surface area contributed by atoms with Crippen LogP contribution in [0.4, 0.5) is 0 Å². The number of hydrogen-bond acceptors (Lipinski definition) is 5. The largest absolute Gasteiger partial charge is 0.368 e. The Balaban J connectivity index is 1.43. The van der Waals surface area contributed by atoms with Crippen LogP contribution < -0.4 is 5.32 Å². The molecule has 3 rings (SSSR count). The van der Waals surface area contributed by atoms with Crippen LogP contribution >= 0.6 is 11.6 Å². The first kappa shape index (κ1) is 24.2. The van der Waals surface area contributed by atoms with Crippen molar-refractivity contribution in [2.75, 3.05) is 33.7 Å². The Morgan fingerprint density at radius 1 is 1.09 bits per heavy atom. The SMILES string of the molecule is CN(Cc1ccc(C2=NCCN2)cc1)C(=O)CCCCN(C)S(=O)(=O)c1ccccc1Cl. The summed E-state index contributed by atoms with van der Waals surface area (Å²) in [6, 6.07) is 14.4. The quantitative estimate of drug-likeness (QED) is 0.534. The van der Waals surface area contributed by atoms with E-state index in [0.29, 0.717) is 32.4 Å². The molecule has 1 amide bonds. The molecule has 0 radical (unpaired) electrons. The highest BCUT2D eigenvalue weighted by Crippen LogP contribution is 2.23. The van der Waals surface area contributed by atoms with Crippen molar-refractivity contribution in [1.82, 2.24) is 14.5 Å². The second kappa shape index (κ2) is 10.9. The van der Waals surface area contributed by atoms with E-state index in [-0.39, 0.29) is 15.8 Å². The molecule has 0 fully saturated rings. The van der Waals surface area contributed by atoms with Gasteiger partial charge in [-0.25, -0.2) is 12.7 Å². The second-order valence-corrected chi connectivity index (χ2v) is 10.2. The van der Waals surface area contributed by atoms with Crippen LogP contribution in [0.2, 0.25) is 5.02 Å². The van der Waals surface area contributed by atoms with Crippen LogP contribution in [0.1, 0.15) is 30.4 Å². The van der Waals surface area contributed by atoms with Crippen molar-refractivity contribution in [3.05, 3.63) is 64.7 Å². The van der Waals surface area contributed by atoms with Crippen LogP contribution in [0.3, 0.4) is 0 Å². The number of unbranched alkanes of at least 4 members (excludes halogenated alkanes) is 1. The molecule has 0 saturated heterocycles. The Kier molecular flexibility index (Phi) is 8.28. The van der Waals surface area contributed by atoms with Crippen LogP contribution in [-0.2, 0) is 21.4 Å². The third-order valence-electron chi connectivity index (χ3n) is 5.39. The van der Waals surface area contributed by atoms with E-state index in [0.717, 1.165) is 30.1 Å². The number of amides is 1. The number of rotatable bonds is 10. The summed E-state index contributed by atoms with van der Waals surface area (Å²) in [6.07, 6.45) is 1.56. The summed E-state index contributed by atoms with van der Waals surface area (Å²) in [6.45, 7) is 2.52. The number of carbonyl (C=O) groups is 1. The highest BCUT2D eigenvalue weighted by molar-refractivity contribution is 7.89. The summed E-state index contributed by atoms with van der Waals surface area (Å²) in [5.41, 5.74) is 2.10. The monoisotopic (exact) mass is 476 g/mol. The van der Waals surface area contributed by atoms with Gasteiger partial charge in [0.25, 0.3) is 0 Å². The number of carbonyl (C=O) groups excluding carboxylic acids is 1. The number of halogens is 1. The fourth-order valence-corrected chi connectivity index (χ4v) is 5.16. The average molecular weight is 477 g/mol. The van der Waals surface area contributed by atoms with Crippen molar-refractivity contribution in [2.24, 2.45) is 4.99 Å². The Morgan fingerprint density at radius 3 is 2.47 bits per heavy atom. The minimum Gasteiger partial charge on any atom is -0.368 e. The van der Waals surface area contributed by atoms with Gasteiger partial charge in [-0.1, -0.05) is 48.0 Å². The molecular formula is C23H29ClN4O3S. The molecule has 0 aromatic heterocycles. The van der Waals surface area contributed by atoms with Crippen molar-refractivity contribution in [1.29, 1.82) is 0 Å². The molecule has 2 aromatic carbocycles. The second-order valence-electron chi connectivity index (χ2n) is 7.82. The molecule has 9 heteroatoms. The predicted octanol–water partition coefficient (Wildman–Crippen LogP) is 3.14. The average Bonchev–Trinajstić information content (AvgIpc) is 3.32. The van der Waals surface area contributed by atoms with Crippen LogP contribution in [0.5, 0.6) is 0 Å². The van der Waals surface area contributed by atoms with Gasteiger partial charge in [0.15, 0.2) is 0 Å². The Hall–Kier alpha value is -2.42. The Bertz CT molecular complexity index is 1070. The molecule has 2 aromatic rings. The zero-order valence-corrected chi connectivity index (χ0v) is 20.0. The van der Waals surface area contributed by atoms with Gasteiger partial charge < -0.3 is 10.2 Å². The van der Waals surface area contributed by atoms with Gasteiger partial charge in [-0.3, -0.25) is 9.79 Å². The van der Waals surface area contributed by atoms with Gasteiger partial charge in [0.2, 0.25) is 15.9 Å². The molecule has 7 nitrogen and oxygen atoms in total. The molecule has 0 spiro atoms. The van der Waals surface area contributed by atoms with Crippen LogP contribution in [0.15, 0.2) is 58.4 Å². The van der Waals surface area contributed by atoms with E-state index in [1.807, 2.05) is 24.3 Å².